The summed E-state index contributed by atoms with van der Waals surface area (Å²) in [6.45, 7) is 0. The minimum absolute atomic E-state index is 0.00250. The summed E-state index contributed by atoms with van der Waals surface area (Å²) in [4.78, 5) is 0. The Labute approximate surface area is 369 Å². The van der Waals surface area contributed by atoms with E-state index in [-0.39, 0.29) is 153 Å². The SMILES string of the molecule is [B]c1c([B])c([B])c(-c2c3c([B])c([B])c([B])c([B])c3c(-c3c([B])c([B])c(-c4cccc5ccccc45)c4c([B])c([B])c([B])c([B])c34)c3c([B])c([B])c([B])c([B])c23)c([B])c1[B]. The molecule has 8 rings (SSSR count). The summed E-state index contributed by atoms with van der Waals surface area (Å²) < 4.78 is 0. The molecule has 224 valence electrons. The Morgan fingerprint density at radius 2 is 0.475 bits per heavy atom. The van der Waals surface area contributed by atoms with Gasteiger partial charge < -0.3 is 0 Å². The molecule has 0 fully saturated rings. The first-order valence-electron chi connectivity index (χ1n) is 17.8. The van der Waals surface area contributed by atoms with Crippen molar-refractivity contribution >= 4 is 296 Å². The van der Waals surface area contributed by atoms with Crippen LogP contribution in [0.3, 0.4) is 0 Å². The van der Waals surface area contributed by atoms with Crippen molar-refractivity contribution in [1.29, 1.82) is 0 Å². The van der Waals surface area contributed by atoms with Crippen LogP contribution in [0.15, 0.2) is 42.5 Å². The first-order chi connectivity index (χ1) is 27.8. The van der Waals surface area contributed by atoms with Gasteiger partial charge in [-0.05, 0) is 76.5 Å². The Bertz CT molecular complexity index is 3150. The van der Waals surface area contributed by atoms with Crippen LogP contribution in [0.2, 0.25) is 0 Å². The van der Waals surface area contributed by atoms with Gasteiger partial charge in [-0.1, -0.05) is 97.1 Å². The highest BCUT2D eigenvalue weighted by Crippen LogP contribution is 2.42. The van der Waals surface area contributed by atoms with Crippen molar-refractivity contribution in [2.75, 3.05) is 0 Å². The first-order valence-corrected chi connectivity index (χ1v) is 17.8. The summed E-state index contributed by atoms with van der Waals surface area (Å²) in [7, 11) is 129. The smallest absolute Gasteiger partial charge is 0.112 e. The average molecular weight is 693 g/mol. The third kappa shape index (κ3) is 5.64. The van der Waals surface area contributed by atoms with E-state index in [2.05, 4.69) is 0 Å². The van der Waals surface area contributed by atoms with E-state index >= 15 is 0 Å². The normalized spacial score (nSPS) is 11.7. The largest absolute Gasteiger partial charge is 0.113 e. The maximum absolute atomic E-state index is 7.28. The summed E-state index contributed by atoms with van der Waals surface area (Å²) in [5, 5.41) is 2.66. The molecule has 0 bridgehead atoms. The Morgan fingerprint density at radius 1 is 0.203 bits per heavy atom. The standard InChI is InChI=1S/C40H7B19/c41-22-11(10-7-3-5-8-4-1-2-6-9(8)10)14-20(29(48)37(56)32(51)24(14)43)17(23(22)42)12-15-18(27(46)35(54)33(52)25(15)44)13(19-16(12)26(45)34(53)36(55)28(19)47)21-30(49)38(57)40(59)39(58)31(21)50/h1-7H. The van der Waals surface area contributed by atoms with Crippen molar-refractivity contribution in [1.82, 2.24) is 0 Å². The highest BCUT2D eigenvalue weighted by Gasteiger charge is 2.30. The number of benzene rings is 8. The van der Waals surface area contributed by atoms with Crippen molar-refractivity contribution in [3.05, 3.63) is 42.5 Å². The van der Waals surface area contributed by atoms with Crippen LogP contribution < -0.4 is 104 Å². The molecule has 19 heteroatoms. The molecule has 0 heterocycles. The summed E-state index contributed by atoms with van der Waals surface area (Å²) in [6, 6.07) is 13.4. The molecule has 8 aromatic carbocycles. The predicted molar refractivity (Wildman–Crippen MR) is 275 cm³/mol. The second-order valence-electron chi connectivity index (χ2n) is 14.5. The lowest BCUT2D eigenvalue weighted by molar-refractivity contribution is 1.73. The van der Waals surface area contributed by atoms with Gasteiger partial charge in [0.2, 0.25) is 0 Å². The molecule has 0 saturated heterocycles. The summed E-state index contributed by atoms with van der Waals surface area (Å²) in [5.74, 6) is 0. The van der Waals surface area contributed by atoms with Gasteiger partial charge in [-0.2, -0.15) is 0 Å². The molecule has 0 amide bonds. The molecule has 0 unspecified atom stereocenters. The van der Waals surface area contributed by atoms with E-state index in [4.69, 9.17) is 149 Å². The van der Waals surface area contributed by atoms with Crippen LogP contribution in [0.1, 0.15) is 0 Å². The second kappa shape index (κ2) is 14.6. The number of hydrogen-bond acceptors (Lipinski definition) is 0. The van der Waals surface area contributed by atoms with Crippen LogP contribution in [-0.2, 0) is 0 Å². The maximum Gasteiger partial charge on any atom is 0.113 e. The number of hydrogen-bond donors (Lipinski definition) is 0. The van der Waals surface area contributed by atoms with Crippen LogP contribution in [0.25, 0.3) is 76.5 Å². The molecule has 0 spiro atoms. The molecule has 0 aromatic heterocycles. The molecule has 8 aromatic rings. The Hall–Kier alpha value is -3.97. The van der Waals surface area contributed by atoms with Gasteiger partial charge in [-0.25, -0.2) is 0 Å². The molecule has 0 aliphatic rings. The van der Waals surface area contributed by atoms with Crippen molar-refractivity contribution in [3.63, 3.8) is 0 Å². The highest BCUT2D eigenvalue weighted by molar-refractivity contribution is 6.75. The zero-order valence-electron chi connectivity index (χ0n) is 31.5. The molecule has 38 radical (unpaired) electrons. The van der Waals surface area contributed by atoms with Crippen molar-refractivity contribution < 1.29 is 0 Å². The zero-order valence-corrected chi connectivity index (χ0v) is 31.5. The van der Waals surface area contributed by atoms with Crippen LogP contribution in [0, 0.1) is 0 Å². The van der Waals surface area contributed by atoms with Gasteiger partial charge in [0, 0.05) is 0 Å². The molecular formula is C40H7B19. The Balaban J connectivity index is 1.78. The second-order valence-corrected chi connectivity index (χ2v) is 14.5. The lowest BCUT2D eigenvalue weighted by Gasteiger charge is -2.33. The predicted octanol–water partition coefficient (Wildman–Crippen LogP) is -11.6. The molecule has 0 nitrogen and oxygen atoms in total. The third-order valence-electron chi connectivity index (χ3n) is 11.6. The Morgan fingerprint density at radius 3 is 0.898 bits per heavy atom. The van der Waals surface area contributed by atoms with E-state index in [9.17, 15) is 0 Å². The summed E-state index contributed by atoms with van der Waals surface area (Å²) in [6.07, 6.45) is 0. The van der Waals surface area contributed by atoms with Crippen molar-refractivity contribution in [2.24, 2.45) is 0 Å². The maximum atomic E-state index is 7.28. The fourth-order valence-corrected chi connectivity index (χ4v) is 8.44. The molecular weight excluding hydrogens is 686 g/mol. The molecule has 59 heavy (non-hydrogen) atoms. The van der Waals surface area contributed by atoms with Crippen LogP contribution in [0.5, 0.6) is 0 Å². The summed E-state index contributed by atoms with van der Waals surface area (Å²) >= 11 is 0. The van der Waals surface area contributed by atoms with E-state index < -0.39 is 0 Å². The van der Waals surface area contributed by atoms with Crippen LogP contribution in [-0.4, -0.2) is 149 Å². The van der Waals surface area contributed by atoms with Crippen LogP contribution >= 0.6 is 0 Å². The molecule has 0 atom stereocenters. The monoisotopic (exact) mass is 696 g/mol. The van der Waals surface area contributed by atoms with Crippen LogP contribution in [0.4, 0.5) is 0 Å². The Kier molecular flexibility index (Phi) is 10.3. The van der Waals surface area contributed by atoms with E-state index in [0.29, 0.717) is 16.5 Å². The molecule has 0 aliphatic carbocycles. The van der Waals surface area contributed by atoms with Gasteiger partial charge in [-0.15, -0.1) is 49.2 Å². The van der Waals surface area contributed by atoms with E-state index in [1.165, 1.54) is 0 Å². The van der Waals surface area contributed by atoms with Gasteiger partial charge in [-0.3, -0.25) is 0 Å². The van der Waals surface area contributed by atoms with Gasteiger partial charge >= 0.3 is 0 Å². The van der Waals surface area contributed by atoms with E-state index in [0.717, 1.165) is 10.8 Å². The fraction of sp³-hybridized carbons (Fsp3) is 0. The lowest BCUT2D eigenvalue weighted by atomic mass is 9.55. The zero-order chi connectivity index (χ0) is 43.0. The van der Waals surface area contributed by atoms with Crippen molar-refractivity contribution in [3.8, 4) is 33.4 Å². The lowest BCUT2D eigenvalue weighted by Crippen LogP contribution is -2.55. The van der Waals surface area contributed by atoms with Gasteiger partial charge in [0.05, 0.1) is 0 Å². The quantitative estimate of drug-likeness (QED) is 0.128. The minimum Gasteiger partial charge on any atom is -0.112 e. The van der Waals surface area contributed by atoms with Crippen molar-refractivity contribution in [2.45, 2.75) is 0 Å². The highest BCUT2D eigenvalue weighted by atomic mass is 14.3. The minimum atomic E-state index is -0.103. The topological polar surface area (TPSA) is 0 Å². The fourth-order valence-electron chi connectivity index (χ4n) is 8.44. The van der Waals surface area contributed by atoms with E-state index in [1.54, 1.807) is 0 Å². The average Bonchev–Trinajstić information content (AvgIpc) is 3.23. The molecule has 0 aliphatic heterocycles. The number of rotatable bonds is 3. The van der Waals surface area contributed by atoms with Gasteiger partial charge in [0.1, 0.15) is 149 Å². The third-order valence-corrected chi connectivity index (χ3v) is 11.6. The van der Waals surface area contributed by atoms with Gasteiger partial charge in [0.15, 0.2) is 0 Å². The first kappa shape index (κ1) is 41.8. The van der Waals surface area contributed by atoms with E-state index in [1.807, 2.05) is 42.5 Å². The number of fused-ring (bicyclic) bond motifs is 4. The molecule has 0 saturated carbocycles. The van der Waals surface area contributed by atoms with Gasteiger partial charge in [0.25, 0.3) is 0 Å². The molecule has 0 N–H and O–H groups in total. The summed E-state index contributed by atoms with van der Waals surface area (Å²) in [5.41, 5.74) is 0.315.